The van der Waals surface area contributed by atoms with Crippen molar-refractivity contribution in [1.82, 2.24) is 0 Å². The lowest BCUT2D eigenvalue weighted by atomic mass is 9.86. The highest BCUT2D eigenvalue weighted by Crippen LogP contribution is 2.37. The molecule has 0 aliphatic carbocycles. The van der Waals surface area contributed by atoms with Crippen LogP contribution in [0.1, 0.15) is 34.1 Å². The molecular weight excluding hydrogens is 248 g/mol. The Hall–Kier alpha value is -0.200. The van der Waals surface area contributed by atoms with Crippen LogP contribution in [-0.2, 0) is 18.9 Å². The summed E-state index contributed by atoms with van der Waals surface area (Å²) < 4.78 is 22.9. The molecule has 2 heterocycles. The van der Waals surface area contributed by atoms with Gasteiger partial charge in [0, 0.05) is 5.41 Å². The summed E-state index contributed by atoms with van der Waals surface area (Å²) in [6, 6.07) is 0. The van der Waals surface area contributed by atoms with Crippen LogP contribution in [0.2, 0.25) is 0 Å². The van der Waals surface area contributed by atoms with E-state index in [0.29, 0.717) is 26.4 Å². The van der Waals surface area contributed by atoms with E-state index >= 15 is 0 Å². The van der Waals surface area contributed by atoms with Crippen LogP contribution in [-0.4, -0.2) is 50.2 Å². The fourth-order valence-corrected chi connectivity index (χ4v) is 2.27. The quantitative estimate of drug-likeness (QED) is 0.846. The molecule has 0 radical (unpaired) electrons. The molecule has 2 rings (SSSR count). The Morgan fingerprint density at radius 1 is 1.11 bits per heavy atom. The molecule has 2 saturated heterocycles. The molecule has 2 aliphatic rings. The zero-order valence-corrected chi connectivity index (χ0v) is 12.3. The predicted molar refractivity (Wildman–Crippen MR) is 69.6 cm³/mol. The number of aliphatic hydroxyl groups excluding tert-OH is 1. The minimum atomic E-state index is -0.616. The Labute approximate surface area is 115 Å². The zero-order valence-electron chi connectivity index (χ0n) is 12.3. The van der Waals surface area contributed by atoms with E-state index in [1.165, 1.54) is 0 Å². The van der Waals surface area contributed by atoms with Gasteiger partial charge in [0.1, 0.15) is 6.10 Å². The van der Waals surface area contributed by atoms with Crippen LogP contribution >= 0.6 is 0 Å². The van der Waals surface area contributed by atoms with Gasteiger partial charge in [-0.3, -0.25) is 0 Å². The maximum Gasteiger partial charge on any atom is 0.183 e. The Morgan fingerprint density at radius 2 is 1.58 bits per heavy atom. The van der Waals surface area contributed by atoms with E-state index in [4.69, 9.17) is 18.9 Å². The number of hydrogen-bond acceptors (Lipinski definition) is 5. The van der Waals surface area contributed by atoms with Crippen molar-refractivity contribution in [2.75, 3.05) is 26.4 Å². The van der Waals surface area contributed by atoms with Gasteiger partial charge >= 0.3 is 0 Å². The second-order valence-corrected chi connectivity index (χ2v) is 6.53. The number of rotatable bonds is 3. The van der Waals surface area contributed by atoms with Crippen LogP contribution in [0.3, 0.4) is 0 Å². The van der Waals surface area contributed by atoms with E-state index in [2.05, 4.69) is 20.8 Å². The number of hydrogen-bond donors (Lipinski definition) is 1. The van der Waals surface area contributed by atoms with E-state index in [9.17, 15) is 5.11 Å². The highest BCUT2D eigenvalue weighted by atomic mass is 16.7. The first-order chi connectivity index (χ1) is 8.88. The third-order valence-corrected chi connectivity index (χ3v) is 4.13. The van der Waals surface area contributed by atoms with Gasteiger partial charge in [-0.2, -0.15) is 0 Å². The lowest BCUT2D eigenvalue weighted by molar-refractivity contribution is -0.329. The van der Waals surface area contributed by atoms with Crippen LogP contribution in [0, 0.1) is 10.8 Å². The first-order valence-electron chi connectivity index (χ1n) is 7.03. The van der Waals surface area contributed by atoms with Crippen LogP contribution in [0.4, 0.5) is 0 Å². The second kappa shape index (κ2) is 5.66. The minimum Gasteiger partial charge on any atom is -0.388 e. The maximum absolute atomic E-state index is 9.43. The molecule has 2 aliphatic heterocycles. The average Bonchev–Trinajstić information content (AvgIpc) is 2.40. The van der Waals surface area contributed by atoms with Gasteiger partial charge in [-0.1, -0.05) is 20.8 Å². The number of ether oxygens (including phenoxy) is 4. The molecule has 0 amide bonds. The Kier molecular flexibility index (Phi) is 4.52. The first kappa shape index (κ1) is 15.2. The molecule has 2 fully saturated rings. The predicted octanol–water partition coefficient (Wildman–Crippen LogP) is 1.54. The molecule has 0 aromatic carbocycles. The maximum atomic E-state index is 9.43. The largest absolute Gasteiger partial charge is 0.388 e. The van der Waals surface area contributed by atoms with Crippen LogP contribution in [0.5, 0.6) is 0 Å². The van der Waals surface area contributed by atoms with Crippen molar-refractivity contribution in [2.24, 2.45) is 10.8 Å². The fourth-order valence-electron chi connectivity index (χ4n) is 2.27. The van der Waals surface area contributed by atoms with Crippen molar-refractivity contribution in [1.29, 1.82) is 0 Å². The van der Waals surface area contributed by atoms with Gasteiger partial charge in [-0.25, -0.2) is 0 Å². The van der Waals surface area contributed by atoms with Crippen LogP contribution in [0.15, 0.2) is 0 Å². The molecule has 5 nitrogen and oxygen atoms in total. The van der Waals surface area contributed by atoms with Crippen molar-refractivity contribution >= 4 is 0 Å². The topological polar surface area (TPSA) is 57.2 Å². The Morgan fingerprint density at radius 3 is 2.00 bits per heavy atom. The molecule has 0 bridgehead atoms. The molecule has 1 atom stereocenters. The van der Waals surface area contributed by atoms with Gasteiger partial charge in [0.05, 0.1) is 31.8 Å². The van der Waals surface area contributed by atoms with Gasteiger partial charge in [0.2, 0.25) is 0 Å². The SMILES string of the molecule is CCC(C)(C)C1OCC2(COC(C(C)O)OC2)CO1. The fraction of sp³-hybridized carbons (Fsp3) is 1.00. The summed E-state index contributed by atoms with van der Waals surface area (Å²) in [6.45, 7) is 10.2. The van der Waals surface area contributed by atoms with E-state index in [1.807, 2.05) is 0 Å². The van der Waals surface area contributed by atoms with Crippen molar-refractivity contribution in [3.8, 4) is 0 Å². The minimum absolute atomic E-state index is 0.0140. The van der Waals surface area contributed by atoms with Gasteiger partial charge in [-0.15, -0.1) is 0 Å². The molecule has 1 spiro atoms. The molecule has 0 aromatic heterocycles. The van der Waals surface area contributed by atoms with Gasteiger partial charge in [0.25, 0.3) is 0 Å². The summed E-state index contributed by atoms with van der Waals surface area (Å²) in [5.41, 5.74) is -0.216. The van der Waals surface area contributed by atoms with E-state index in [-0.39, 0.29) is 17.1 Å². The van der Waals surface area contributed by atoms with Crippen molar-refractivity contribution in [2.45, 2.75) is 52.8 Å². The Bertz CT molecular complexity index is 284. The van der Waals surface area contributed by atoms with Crippen LogP contribution in [0.25, 0.3) is 0 Å². The Balaban J connectivity index is 1.87. The normalized spacial score (nSPS) is 38.4. The second-order valence-electron chi connectivity index (χ2n) is 6.53. The lowest BCUT2D eigenvalue weighted by Crippen LogP contribution is -2.55. The molecule has 5 heteroatoms. The van der Waals surface area contributed by atoms with E-state index in [0.717, 1.165) is 6.42 Å². The zero-order chi connectivity index (χ0) is 14.1. The van der Waals surface area contributed by atoms with E-state index in [1.54, 1.807) is 6.92 Å². The molecule has 0 saturated carbocycles. The van der Waals surface area contributed by atoms with Gasteiger partial charge < -0.3 is 24.1 Å². The average molecular weight is 274 g/mol. The summed E-state index contributed by atoms with van der Waals surface area (Å²) in [4.78, 5) is 0. The number of aliphatic hydroxyl groups is 1. The first-order valence-corrected chi connectivity index (χ1v) is 7.03. The van der Waals surface area contributed by atoms with Gasteiger partial charge in [-0.05, 0) is 13.3 Å². The molecule has 0 aromatic rings. The monoisotopic (exact) mass is 274 g/mol. The third-order valence-electron chi connectivity index (χ3n) is 4.13. The lowest BCUT2D eigenvalue weighted by Gasteiger charge is -2.47. The summed E-state index contributed by atoms with van der Waals surface area (Å²) in [5, 5.41) is 9.43. The highest BCUT2D eigenvalue weighted by molar-refractivity contribution is 4.87. The summed E-state index contributed by atoms with van der Waals surface area (Å²) in [5.74, 6) is 0. The molecule has 19 heavy (non-hydrogen) atoms. The molecule has 1 N–H and O–H groups in total. The summed E-state index contributed by atoms with van der Waals surface area (Å²) in [6.07, 6.45) is -0.315. The molecule has 112 valence electrons. The van der Waals surface area contributed by atoms with Gasteiger partial charge in [0.15, 0.2) is 12.6 Å². The van der Waals surface area contributed by atoms with Crippen LogP contribution < -0.4 is 0 Å². The van der Waals surface area contributed by atoms with Crippen molar-refractivity contribution in [3.63, 3.8) is 0 Å². The molecular formula is C14H26O5. The third kappa shape index (κ3) is 3.28. The standard InChI is InChI=1S/C14H26O5/c1-5-13(3,4)12-18-8-14(9-19-12)6-16-11(10(2)15)17-7-14/h10-12,15H,5-9H2,1-4H3. The molecule has 1 unspecified atom stereocenters. The highest BCUT2D eigenvalue weighted by Gasteiger charge is 2.45. The summed E-state index contributed by atoms with van der Waals surface area (Å²) in [7, 11) is 0. The smallest absolute Gasteiger partial charge is 0.183 e. The summed E-state index contributed by atoms with van der Waals surface area (Å²) >= 11 is 0. The van der Waals surface area contributed by atoms with Crippen molar-refractivity contribution in [3.05, 3.63) is 0 Å². The van der Waals surface area contributed by atoms with Crippen molar-refractivity contribution < 1.29 is 24.1 Å². The van der Waals surface area contributed by atoms with E-state index < -0.39 is 12.4 Å².